The number of nitrogens with zero attached hydrogens (tertiary/aromatic N) is 1. The Morgan fingerprint density at radius 2 is 1.93 bits per heavy atom. The molecule has 1 amide bonds. The summed E-state index contributed by atoms with van der Waals surface area (Å²) in [5.74, 6) is 0.686. The molecule has 4 rings (SSSR count). The number of hydrogen-bond acceptors (Lipinski definition) is 4. The first-order chi connectivity index (χ1) is 14.1. The predicted octanol–water partition coefficient (Wildman–Crippen LogP) is 6.34. The van der Waals surface area contributed by atoms with Crippen LogP contribution < -0.4 is 9.64 Å². The lowest BCUT2D eigenvalue weighted by atomic mass is 10.0. The van der Waals surface area contributed by atoms with E-state index in [9.17, 15) is 4.79 Å². The van der Waals surface area contributed by atoms with Crippen LogP contribution in [0.25, 0.3) is 16.8 Å². The van der Waals surface area contributed by atoms with E-state index < -0.39 is 0 Å². The van der Waals surface area contributed by atoms with Crippen LogP contribution in [0.2, 0.25) is 0 Å². The molecule has 0 aliphatic carbocycles. The summed E-state index contributed by atoms with van der Waals surface area (Å²) in [6.07, 6.45) is 2.84. The van der Waals surface area contributed by atoms with E-state index in [0.29, 0.717) is 15.8 Å². The first kappa shape index (κ1) is 19.7. The summed E-state index contributed by atoms with van der Waals surface area (Å²) in [7, 11) is 0. The minimum atomic E-state index is -0.0972. The molecule has 0 N–H and O–H groups in total. The summed E-state index contributed by atoms with van der Waals surface area (Å²) in [4.78, 5) is 15.4. The summed E-state index contributed by atoms with van der Waals surface area (Å²) < 4.78 is 6.53. The lowest BCUT2D eigenvalue weighted by Crippen LogP contribution is -2.27. The van der Waals surface area contributed by atoms with Crippen LogP contribution in [0.3, 0.4) is 0 Å². The van der Waals surface area contributed by atoms with Crippen LogP contribution in [0.4, 0.5) is 5.69 Å². The van der Waals surface area contributed by atoms with E-state index in [0.717, 1.165) is 39.8 Å². The molecular weight excluding hydrogens is 398 g/mol. The van der Waals surface area contributed by atoms with Crippen LogP contribution in [0, 0.1) is 6.92 Å². The maximum absolute atomic E-state index is 13.2. The van der Waals surface area contributed by atoms with Crippen LogP contribution in [-0.2, 0) is 4.79 Å². The maximum Gasteiger partial charge on any atom is 0.270 e. The monoisotopic (exact) mass is 419 g/mol. The predicted molar refractivity (Wildman–Crippen MR) is 127 cm³/mol. The number of carbonyl (C=O) groups excluding carboxylic acids is 1. The van der Waals surface area contributed by atoms with Crippen molar-refractivity contribution in [3.05, 3.63) is 76.7 Å². The van der Waals surface area contributed by atoms with E-state index >= 15 is 0 Å². The number of thioether (sulfide) groups is 1. The highest BCUT2D eigenvalue weighted by molar-refractivity contribution is 8.27. The van der Waals surface area contributed by atoms with E-state index in [-0.39, 0.29) is 5.91 Å². The second-order valence-electron chi connectivity index (χ2n) is 6.90. The van der Waals surface area contributed by atoms with Crippen LogP contribution in [0.15, 0.2) is 65.6 Å². The van der Waals surface area contributed by atoms with Gasteiger partial charge in [0.2, 0.25) is 0 Å². The van der Waals surface area contributed by atoms with Crippen LogP contribution in [0.5, 0.6) is 5.75 Å². The molecule has 0 unspecified atom stereocenters. The lowest BCUT2D eigenvalue weighted by molar-refractivity contribution is -0.113. The van der Waals surface area contributed by atoms with E-state index in [2.05, 4.69) is 25.1 Å². The van der Waals surface area contributed by atoms with Gasteiger partial charge in [0.05, 0.1) is 17.2 Å². The Morgan fingerprint density at radius 1 is 1.10 bits per heavy atom. The Balaban J connectivity index is 1.79. The van der Waals surface area contributed by atoms with Gasteiger partial charge in [-0.3, -0.25) is 9.69 Å². The van der Waals surface area contributed by atoms with Gasteiger partial charge >= 0.3 is 0 Å². The van der Waals surface area contributed by atoms with Crippen molar-refractivity contribution in [2.75, 3.05) is 11.5 Å². The number of rotatable bonds is 5. The molecule has 1 heterocycles. The smallest absolute Gasteiger partial charge is 0.270 e. The van der Waals surface area contributed by atoms with Crippen molar-refractivity contribution in [1.29, 1.82) is 0 Å². The fraction of sp³-hybridized carbons (Fsp3) is 0.167. The summed E-state index contributed by atoms with van der Waals surface area (Å²) in [6, 6.07) is 20.0. The van der Waals surface area contributed by atoms with Crippen molar-refractivity contribution >= 4 is 56.7 Å². The quantitative estimate of drug-likeness (QED) is 0.356. The van der Waals surface area contributed by atoms with Gasteiger partial charge in [-0.1, -0.05) is 73.4 Å². The van der Waals surface area contributed by atoms with Crippen molar-refractivity contribution in [2.24, 2.45) is 0 Å². The molecule has 3 aromatic carbocycles. The van der Waals surface area contributed by atoms with Crippen molar-refractivity contribution in [3.63, 3.8) is 0 Å². The number of anilines is 1. The number of hydrogen-bond donors (Lipinski definition) is 0. The molecule has 3 aromatic rings. The molecule has 0 spiro atoms. The average Bonchev–Trinajstić information content (AvgIpc) is 3.00. The fourth-order valence-electron chi connectivity index (χ4n) is 3.35. The Labute approximate surface area is 180 Å². The van der Waals surface area contributed by atoms with E-state index in [1.807, 2.05) is 55.5 Å². The standard InChI is InChI=1S/C24H21NO2S2/c1-3-13-27-21-12-11-17-8-4-5-10-19(17)20(21)15-22-23(26)25(24(28)29-22)18-9-6-7-16(2)14-18/h4-12,14-15H,3,13H2,1-2H3/b22-15+. The number of thiocarbonyl (C=S) groups is 1. The second-order valence-corrected chi connectivity index (χ2v) is 8.58. The number of benzene rings is 3. The Bertz CT molecular complexity index is 1140. The van der Waals surface area contributed by atoms with E-state index in [4.69, 9.17) is 17.0 Å². The topological polar surface area (TPSA) is 29.5 Å². The van der Waals surface area contributed by atoms with Crippen molar-refractivity contribution < 1.29 is 9.53 Å². The number of aryl methyl sites for hydroxylation is 1. The molecule has 29 heavy (non-hydrogen) atoms. The average molecular weight is 420 g/mol. The number of amides is 1. The Hall–Kier alpha value is -2.63. The SMILES string of the molecule is CCCOc1ccc2ccccc2c1/C=C1/SC(=S)N(c2cccc(C)c2)C1=O. The van der Waals surface area contributed by atoms with Gasteiger partial charge in [-0.15, -0.1) is 0 Å². The summed E-state index contributed by atoms with van der Waals surface area (Å²) in [6.45, 7) is 4.71. The summed E-state index contributed by atoms with van der Waals surface area (Å²) in [5, 5.41) is 2.17. The summed E-state index contributed by atoms with van der Waals surface area (Å²) >= 11 is 6.86. The van der Waals surface area contributed by atoms with Gasteiger partial charge in [-0.2, -0.15) is 0 Å². The molecule has 0 saturated carbocycles. The van der Waals surface area contributed by atoms with Gasteiger partial charge in [0, 0.05) is 5.56 Å². The molecule has 146 valence electrons. The van der Waals surface area contributed by atoms with E-state index in [1.165, 1.54) is 11.8 Å². The van der Waals surface area contributed by atoms with Crippen molar-refractivity contribution in [3.8, 4) is 5.75 Å². The highest BCUT2D eigenvalue weighted by Crippen LogP contribution is 2.39. The summed E-state index contributed by atoms with van der Waals surface area (Å²) in [5.41, 5.74) is 2.81. The third-order valence-corrected chi connectivity index (χ3v) is 6.02. The fourth-order valence-corrected chi connectivity index (χ4v) is 4.63. The zero-order valence-corrected chi connectivity index (χ0v) is 18.0. The van der Waals surface area contributed by atoms with Gasteiger partial charge in [-0.25, -0.2) is 0 Å². The molecule has 3 nitrogen and oxygen atoms in total. The molecule has 1 saturated heterocycles. The molecule has 0 bridgehead atoms. The van der Waals surface area contributed by atoms with E-state index in [1.54, 1.807) is 4.90 Å². The molecular formula is C24H21NO2S2. The van der Waals surface area contributed by atoms with Gasteiger partial charge in [-0.05, 0) is 54.0 Å². The number of fused-ring (bicyclic) bond motifs is 1. The molecule has 5 heteroatoms. The van der Waals surface area contributed by atoms with Gasteiger partial charge in [0.1, 0.15) is 5.75 Å². The first-order valence-electron chi connectivity index (χ1n) is 9.57. The Kier molecular flexibility index (Phi) is 5.69. The van der Waals surface area contributed by atoms with Crippen LogP contribution >= 0.6 is 24.0 Å². The zero-order valence-electron chi connectivity index (χ0n) is 16.3. The van der Waals surface area contributed by atoms with Crippen LogP contribution in [0.1, 0.15) is 24.5 Å². The second kappa shape index (κ2) is 8.39. The molecule has 1 fully saturated rings. The maximum atomic E-state index is 13.2. The van der Waals surface area contributed by atoms with Gasteiger partial charge in [0.25, 0.3) is 5.91 Å². The zero-order chi connectivity index (χ0) is 20.4. The van der Waals surface area contributed by atoms with Gasteiger partial charge in [0.15, 0.2) is 4.32 Å². The van der Waals surface area contributed by atoms with Crippen LogP contribution in [-0.4, -0.2) is 16.8 Å². The largest absolute Gasteiger partial charge is 0.493 e. The number of ether oxygens (including phenoxy) is 1. The molecule has 0 radical (unpaired) electrons. The highest BCUT2D eigenvalue weighted by Gasteiger charge is 2.33. The highest BCUT2D eigenvalue weighted by atomic mass is 32.2. The first-order valence-corrected chi connectivity index (χ1v) is 10.8. The minimum Gasteiger partial charge on any atom is -0.493 e. The minimum absolute atomic E-state index is 0.0972. The molecule has 1 aliphatic heterocycles. The van der Waals surface area contributed by atoms with Crippen molar-refractivity contribution in [2.45, 2.75) is 20.3 Å². The molecule has 0 atom stereocenters. The Morgan fingerprint density at radius 3 is 2.72 bits per heavy atom. The molecule has 0 aromatic heterocycles. The number of carbonyl (C=O) groups is 1. The lowest BCUT2D eigenvalue weighted by Gasteiger charge is -2.15. The third kappa shape index (κ3) is 3.93. The molecule has 1 aliphatic rings. The normalized spacial score (nSPS) is 15.5. The third-order valence-electron chi connectivity index (χ3n) is 4.72. The van der Waals surface area contributed by atoms with Crippen molar-refractivity contribution in [1.82, 2.24) is 0 Å². The van der Waals surface area contributed by atoms with Gasteiger partial charge < -0.3 is 4.74 Å².